The molecular weight excluding hydrogens is 292 g/mol. The van der Waals surface area contributed by atoms with E-state index in [0.717, 1.165) is 18.2 Å². The average Bonchev–Trinajstić information content (AvgIpc) is 2.45. The van der Waals surface area contributed by atoms with Crippen molar-refractivity contribution in [1.29, 1.82) is 0 Å². The van der Waals surface area contributed by atoms with E-state index in [4.69, 9.17) is 4.74 Å². The lowest BCUT2D eigenvalue weighted by Crippen LogP contribution is -2.30. The number of carbonyl (C=O) groups is 1. The number of ether oxygens (including phenoxy) is 1. The second kappa shape index (κ2) is 4.81. The molecule has 5 N–H and O–H groups in total. The van der Waals surface area contributed by atoms with Crippen LogP contribution in [0.15, 0.2) is 30.3 Å². The summed E-state index contributed by atoms with van der Waals surface area (Å²) in [7, 11) is 0. The number of Topliss-reactive ketones (excluding diaryl/α,β-unsaturated/α-hetero) is 1. The number of aromatic hydroxyl groups is 4. The molecule has 114 valence electrons. The Morgan fingerprint density at radius 3 is 2.32 bits per heavy atom. The molecule has 0 saturated heterocycles. The molecule has 1 heterocycles. The van der Waals surface area contributed by atoms with Crippen molar-refractivity contribution in [3.63, 3.8) is 0 Å². The molecule has 0 amide bonds. The summed E-state index contributed by atoms with van der Waals surface area (Å²) in [6, 6.07) is 5.84. The second-order valence-electron chi connectivity index (χ2n) is 4.93. The van der Waals surface area contributed by atoms with Crippen LogP contribution in [-0.2, 0) is 4.79 Å². The Labute approximate surface area is 124 Å². The number of rotatable bonds is 1. The van der Waals surface area contributed by atoms with E-state index in [1.54, 1.807) is 0 Å². The number of phenolic OH excluding ortho intramolecular Hbond substituents is 4. The third-order valence-electron chi connectivity index (χ3n) is 3.45. The zero-order valence-electron chi connectivity index (χ0n) is 11.1. The Bertz CT molecular complexity index is 769. The van der Waals surface area contributed by atoms with Crippen molar-refractivity contribution in [2.75, 3.05) is 0 Å². The van der Waals surface area contributed by atoms with Crippen molar-refractivity contribution >= 4 is 5.78 Å². The predicted molar refractivity (Wildman–Crippen MR) is 72.9 cm³/mol. The molecule has 7 heteroatoms. The molecule has 1 unspecified atom stereocenters. The maximum Gasteiger partial charge on any atom is 0.211 e. The van der Waals surface area contributed by atoms with E-state index in [0.29, 0.717) is 0 Å². The molecule has 0 fully saturated rings. The van der Waals surface area contributed by atoms with Crippen LogP contribution in [-0.4, -0.2) is 31.3 Å². The highest BCUT2D eigenvalue weighted by Crippen LogP contribution is 2.45. The normalized spacial score (nSPS) is 20.3. The van der Waals surface area contributed by atoms with Crippen molar-refractivity contribution in [1.82, 2.24) is 0 Å². The van der Waals surface area contributed by atoms with Gasteiger partial charge in [0.15, 0.2) is 17.6 Å². The van der Waals surface area contributed by atoms with Gasteiger partial charge < -0.3 is 30.3 Å². The van der Waals surface area contributed by atoms with Crippen molar-refractivity contribution in [2.45, 2.75) is 12.2 Å². The van der Waals surface area contributed by atoms with Gasteiger partial charge in [0.1, 0.15) is 23.4 Å². The van der Waals surface area contributed by atoms with Crippen molar-refractivity contribution in [3.05, 3.63) is 41.5 Å². The van der Waals surface area contributed by atoms with Gasteiger partial charge in [-0.05, 0) is 12.1 Å². The molecule has 1 aliphatic rings. The largest absolute Gasteiger partial charge is 0.508 e. The molecule has 22 heavy (non-hydrogen) atoms. The van der Waals surface area contributed by atoms with Gasteiger partial charge in [-0.2, -0.15) is 0 Å². The van der Waals surface area contributed by atoms with Gasteiger partial charge in [-0.25, -0.2) is 0 Å². The molecule has 2 atom stereocenters. The molecule has 3 rings (SSSR count). The van der Waals surface area contributed by atoms with E-state index in [2.05, 4.69) is 0 Å². The molecule has 0 spiro atoms. The third-order valence-corrected chi connectivity index (χ3v) is 3.45. The zero-order valence-corrected chi connectivity index (χ0v) is 11.1. The number of hydrogen-bond donors (Lipinski definition) is 5. The maximum atomic E-state index is 12.2. The Morgan fingerprint density at radius 2 is 1.64 bits per heavy atom. The van der Waals surface area contributed by atoms with Crippen LogP contribution >= 0.6 is 0 Å². The highest BCUT2D eigenvalue weighted by Gasteiger charge is 2.39. The number of fused-ring (bicyclic) bond motifs is 1. The van der Waals surface area contributed by atoms with Gasteiger partial charge in [-0.3, -0.25) is 4.79 Å². The standard InChI is InChI=1S/C15H12O7/c16-7-4-10(19)12-11(5-7)22-15(14(21)13(12)20)6-1-2-8(17)9(18)3-6/h1-5,13,15-20H/t13?,15-/m0/s1. The minimum absolute atomic E-state index is 0.0397. The smallest absolute Gasteiger partial charge is 0.211 e. The summed E-state index contributed by atoms with van der Waals surface area (Å²) in [5.41, 5.74) is 0.0925. The summed E-state index contributed by atoms with van der Waals surface area (Å²) >= 11 is 0. The summed E-state index contributed by atoms with van der Waals surface area (Å²) in [6.45, 7) is 0. The minimum Gasteiger partial charge on any atom is -0.508 e. The first-order valence-corrected chi connectivity index (χ1v) is 6.34. The fourth-order valence-corrected chi connectivity index (χ4v) is 2.38. The Kier molecular flexibility index (Phi) is 3.07. The van der Waals surface area contributed by atoms with Crippen molar-refractivity contribution < 1.29 is 35.1 Å². The Hall–Kier alpha value is -2.93. The van der Waals surface area contributed by atoms with E-state index in [1.807, 2.05) is 0 Å². The maximum absolute atomic E-state index is 12.2. The summed E-state index contributed by atoms with van der Waals surface area (Å²) in [6.07, 6.45) is -2.87. The first-order valence-electron chi connectivity index (χ1n) is 6.34. The molecule has 7 nitrogen and oxygen atoms in total. The first-order chi connectivity index (χ1) is 10.4. The number of benzene rings is 2. The zero-order chi connectivity index (χ0) is 16.0. The highest BCUT2D eigenvalue weighted by atomic mass is 16.5. The quantitative estimate of drug-likeness (QED) is 0.501. The SMILES string of the molecule is O=C1C(O)c2c(O)cc(O)cc2O[C@H]1c1ccc(O)c(O)c1. The molecule has 1 aliphatic heterocycles. The van der Waals surface area contributed by atoms with Crippen molar-refractivity contribution in [3.8, 4) is 28.7 Å². The molecule has 0 bridgehead atoms. The van der Waals surface area contributed by atoms with E-state index in [9.17, 15) is 30.3 Å². The molecule has 0 saturated carbocycles. The van der Waals surface area contributed by atoms with Crippen LogP contribution in [0, 0.1) is 0 Å². The topological polar surface area (TPSA) is 127 Å². The number of phenols is 4. The molecule has 0 aromatic heterocycles. The van der Waals surface area contributed by atoms with Crippen LogP contribution in [0.2, 0.25) is 0 Å². The molecule has 2 aromatic rings. The monoisotopic (exact) mass is 304 g/mol. The number of aliphatic hydroxyl groups excluding tert-OH is 1. The van der Waals surface area contributed by atoms with E-state index in [1.165, 1.54) is 12.1 Å². The van der Waals surface area contributed by atoms with E-state index in [-0.39, 0.29) is 28.4 Å². The molecule has 2 aromatic carbocycles. The van der Waals surface area contributed by atoms with Gasteiger partial charge in [0.25, 0.3) is 0 Å². The first kappa shape index (κ1) is 14.0. The van der Waals surface area contributed by atoms with E-state index < -0.39 is 29.5 Å². The highest BCUT2D eigenvalue weighted by molar-refractivity contribution is 5.92. The van der Waals surface area contributed by atoms with Gasteiger partial charge in [0.05, 0.1) is 5.56 Å². The van der Waals surface area contributed by atoms with Gasteiger partial charge in [-0.1, -0.05) is 6.07 Å². The second-order valence-corrected chi connectivity index (χ2v) is 4.93. The lowest BCUT2D eigenvalue weighted by molar-refractivity contribution is -0.137. The summed E-state index contributed by atoms with van der Waals surface area (Å²) in [4.78, 5) is 12.2. The summed E-state index contributed by atoms with van der Waals surface area (Å²) in [5.74, 6) is -2.31. The number of aliphatic hydroxyl groups is 1. The predicted octanol–water partition coefficient (Wildman–Crippen LogP) is 1.25. The van der Waals surface area contributed by atoms with Crippen LogP contribution in [0.5, 0.6) is 28.7 Å². The lowest BCUT2D eigenvalue weighted by atomic mass is 9.93. The number of ketones is 1. The summed E-state index contributed by atoms with van der Waals surface area (Å²) in [5, 5.41) is 48.1. The molecule has 0 aliphatic carbocycles. The Balaban J connectivity index is 2.08. The Morgan fingerprint density at radius 1 is 0.909 bits per heavy atom. The number of carbonyl (C=O) groups excluding carboxylic acids is 1. The van der Waals surface area contributed by atoms with E-state index >= 15 is 0 Å². The van der Waals surface area contributed by atoms with Crippen LogP contribution < -0.4 is 4.74 Å². The van der Waals surface area contributed by atoms with Gasteiger partial charge in [0.2, 0.25) is 5.78 Å². The van der Waals surface area contributed by atoms with Gasteiger partial charge in [-0.15, -0.1) is 0 Å². The fourth-order valence-electron chi connectivity index (χ4n) is 2.38. The number of hydrogen-bond acceptors (Lipinski definition) is 7. The fraction of sp³-hybridized carbons (Fsp3) is 0.133. The van der Waals surface area contributed by atoms with Crippen molar-refractivity contribution in [2.24, 2.45) is 0 Å². The van der Waals surface area contributed by atoms with Crippen LogP contribution in [0.3, 0.4) is 0 Å². The van der Waals surface area contributed by atoms with Gasteiger partial charge >= 0.3 is 0 Å². The van der Waals surface area contributed by atoms with Crippen LogP contribution in [0.25, 0.3) is 0 Å². The third kappa shape index (κ3) is 2.08. The van der Waals surface area contributed by atoms with Gasteiger partial charge in [0, 0.05) is 17.7 Å². The van der Waals surface area contributed by atoms with Crippen LogP contribution in [0.4, 0.5) is 0 Å². The van der Waals surface area contributed by atoms with Crippen LogP contribution in [0.1, 0.15) is 23.3 Å². The lowest BCUT2D eigenvalue weighted by Gasteiger charge is -2.29. The summed E-state index contributed by atoms with van der Waals surface area (Å²) < 4.78 is 5.43. The minimum atomic E-state index is -1.63. The molecular formula is C15H12O7. The average molecular weight is 304 g/mol. The molecule has 0 radical (unpaired) electrons.